The molecule has 4 rings (SSSR count). The molecule has 1 aromatic carbocycles. The van der Waals surface area contributed by atoms with E-state index in [0.717, 1.165) is 36.1 Å². The second-order valence-corrected chi connectivity index (χ2v) is 8.70. The largest absolute Gasteiger partial charge is 0.486 e. The highest BCUT2D eigenvalue weighted by Crippen LogP contribution is 2.31. The van der Waals surface area contributed by atoms with E-state index in [1.165, 1.54) is 11.3 Å². The van der Waals surface area contributed by atoms with E-state index in [9.17, 15) is 9.59 Å². The number of amides is 2. The second kappa shape index (κ2) is 9.70. The molecule has 0 bridgehead atoms. The van der Waals surface area contributed by atoms with Gasteiger partial charge in [0, 0.05) is 23.9 Å². The van der Waals surface area contributed by atoms with E-state index in [1.54, 1.807) is 30.7 Å². The fourth-order valence-electron chi connectivity index (χ4n) is 3.65. The van der Waals surface area contributed by atoms with Gasteiger partial charge in [-0.2, -0.15) is 0 Å². The van der Waals surface area contributed by atoms with Crippen LogP contribution in [0.15, 0.2) is 48.9 Å². The number of carbonyl (C=O) groups is 2. The van der Waals surface area contributed by atoms with E-state index >= 15 is 0 Å². The Morgan fingerprint density at radius 2 is 2.00 bits per heavy atom. The number of ketones is 1. The summed E-state index contributed by atoms with van der Waals surface area (Å²) in [5.41, 5.74) is 2.09. The normalized spacial score (nSPS) is 13.7. The number of aromatic nitrogens is 2. The van der Waals surface area contributed by atoms with E-state index in [-0.39, 0.29) is 11.7 Å². The van der Waals surface area contributed by atoms with E-state index < -0.39 is 6.03 Å². The van der Waals surface area contributed by atoms with Gasteiger partial charge in [0.1, 0.15) is 12.4 Å². The Labute approximate surface area is 184 Å². The van der Waals surface area contributed by atoms with E-state index in [0.29, 0.717) is 28.7 Å². The molecule has 0 atom stereocenters. The van der Waals surface area contributed by atoms with Crippen LogP contribution in [0.5, 0.6) is 5.75 Å². The summed E-state index contributed by atoms with van der Waals surface area (Å²) in [5.74, 6) is 0.828. The number of ether oxygens (including phenoxy) is 1. The van der Waals surface area contributed by atoms with Gasteiger partial charge in [0.15, 0.2) is 10.9 Å². The third-order valence-corrected chi connectivity index (χ3v) is 6.09. The van der Waals surface area contributed by atoms with Crippen molar-refractivity contribution in [3.8, 4) is 5.75 Å². The number of Topliss-reactive ketones (excluding diaryl/α,β-unsaturated/α-hetero) is 1. The Morgan fingerprint density at radius 3 is 2.77 bits per heavy atom. The lowest BCUT2D eigenvalue weighted by atomic mass is 9.94. The van der Waals surface area contributed by atoms with Crippen LogP contribution >= 0.6 is 11.3 Å². The van der Waals surface area contributed by atoms with Crippen molar-refractivity contribution in [2.75, 3.05) is 10.6 Å². The molecule has 2 heterocycles. The van der Waals surface area contributed by atoms with Crippen molar-refractivity contribution < 1.29 is 14.3 Å². The molecule has 0 spiro atoms. The molecule has 2 aromatic heterocycles. The molecule has 2 amide bonds. The summed E-state index contributed by atoms with van der Waals surface area (Å²) in [6.45, 7) is 2.28. The predicted octanol–water partition coefficient (Wildman–Crippen LogP) is 5.44. The molecule has 3 aromatic rings. The number of hydrogen-bond acceptors (Lipinski definition) is 6. The summed E-state index contributed by atoms with van der Waals surface area (Å²) in [5, 5.41) is 6.01. The lowest BCUT2D eigenvalue weighted by Gasteiger charge is -2.14. The fraction of sp³-hybridized carbons (Fsp3) is 0.304. The lowest BCUT2D eigenvalue weighted by molar-refractivity contribution is 0.0923. The first-order chi connectivity index (χ1) is 15.1. The number of nitrogens with one attached hydrogen (secondary N) is 2. The number of nitrogens with zero attached hydrogens (tertiary/aromatic N) is 2. The molecule has 0 unspecified atom stereocenters. The molecule has 1 saturated carbocycles. The maximum atomic E-state index is 13.0. The lowest BCUT2D eigenvalue weighted by Crippen LogP contribution is -2.22. The van der Waals surface area contributed by atoms with Crippen LogP contribution < -0.4 is 15.4 Å². The van der Waals surface area contributed by atoms with E-state index in [1.807, 2.05) is 25.1 Å². The van der Waals surface area contributed by atoms with Crippen LogP contribution in [0.2, 0.25) is 0 Å². The Hall–Kier alpha value is -3.26. The number of anilines is 2. The summed E-state index contributed by atoms with van der Waals surface area (Å²) < 4.78 is 5.65. The molecule has 0 aliphatic heterocycles. The molecule has 2 N–H and O–H groups in total. The number of hydrogen-bond donors (Lipinski definition) is 2. The molecule has 1 aliphatic rings. The molecule has 7 nitrogen and oxygen atoms in total. The Balaban J connectivity index is 1.38. The number of thiazole rings is 1. The number of aryl methyl sites for hydroxylation is 1. The Bertz CT molecular complexity index is 1060. The van der Waals surface area contributed by atoms with Gasteiger partial charge in [-0.1, -0.05) is 35.8 Å². The van der Waals surface area contributed by atoms with Gasteiger partial charge in [-0.3, -0.25) is 15.1 Å². The number of urea groups is 1. The van der Waals surface area contributed by atoms with Gasteiger partial charge in [-0.25, -0.2) is 9.78 Å². The molecule has 8 heteroatoms. The van der Waals surface area contributed by atoms with Crippen LogP contribution in [0.3, 0.4) is 0 Å². The first-order valence-corrected chi connectivity index (χ1v) is 11.1. The van der Waals surface area contributed by atoms with Gasteiger partial charge in [-0.05, 0) is 44.0 Å². The van der Waals surface area contributed by atoms with Crippen LogP contribution in [0.1, 0.15) is 46.5 Å². The number of carbonyl (C=O) groups excluding carboxylic acids is 2. The summed E-state index contributed by atoms with van der Waals surface area (Å²) >= 11 is 1.33. The minimum atomic E-state index is -0.432. The highest BCUT2D eigenvalue weighted by atomic mass is 32.1. The van der Waals surface area contributed by atoms with Gasteiger partial charge >= 0.3 is 6.03 Å². The summed E-state index contributed by atoms with van der Waals surface area (Å²) in [6, 6.07) is 8.72. The monoisotopic (exact) mass is 436 g/mol. The van der Waals surface area contributed by atoms with Gasteiger partial charge in [0.2, 0.25) is 0 Å². The van der Waals surface area contributed by atoms with Crippen LogP contribution in [0.25, 0.3) is 0 Å². The average molecular weight is 437 g/mol. The first kappa shape index (κ1) is 21.0. The van der Waals surface area contributed by atoms with Crippen molar-refractivity contribution in [3.63, 3.8) is 0 Å². The SMILES string of the molecule is Cc1ccc(NC(=O)Nc2ncc(COc3cccnc3)s2)c(C(=O)C2CCCC2)c1. The Morgan fingerprint density at radius 1 is 1.16 bits per heavy atom. The Kier molecular flexibility index (Phi) is 6.57. The van der Waals surface area contributed by atoms with Gasteiger partial charge < -0.3 is 10.1 Å². The van der Waals surface area contributed by atoms with Gasteiger partial charge in [0.05, 0.1) is 16.8 Å². The van der Waals surface area contributed by atoms with E-state index in [4.69, 9.17) is 4.74 Å². The van der Waals surface area contributed by atoms with Crippen molar-refractivity contribution in [2.45, 2.75) is 39.2 Å². The summed E-state index contributed by atoms with van der Waals surface area (Å²) in [4.78, 5) is 34.6. The quantitative estimate of drug-likeness (QED) is 0.481. The molecule has 1 aliphatic carbocycles. The standard InChI is InChI=1S/C23H24N4O3S/c1-15-8-9-20(19(11-15)21(28)16-5-2-3-6-16)26-22(29)27-23-25-13-18(31-23)14-30-17-7-4-10-24-12-17/h4,7-13,16H,2-3,5-6,14H2,1H3,(H2,25,26,27,29). The van der Waals surface area contributed by atoms with Crippen LogP contribution in [0, 0.1) is 12.8 Å². The topological polar surface area (TPSA) is 93.2 Å². The van der Waals surface area contributed by atoms with Gasteiger partial charge in [-0.15, -0.1) is 0 Å². The van der Waals surface area contributed by atoms with Crippen molar-refractivity contribution in [3.05, 3.63) is 64.9 Å². The zero-order valence-electron chi connectivity index (χ0n) is 17.3. The molecule has 0 radical (unpaired) electrons. The van der Waals surface area contributed by atoms with Gasteiger partial charge in [0.25, 0.3) is 0 Å². The smallest absolute Gasteiger partial charge is 0.325 e. The van der Waals surface area contributed by atoms with Crippen molar-refractivity contribution in [2.24, 2.45) is 5.92 Å². The van der Waals surface area contributed by atoms with Crippen LogP contribution in [0.4, 0.5) is 15.6 Å². The zero-order chi connectivity index (χ0) is 21.6. The molecule has 31 heavy (non-hydrogen) atoms. The molecule has 0 saturated heterocycles. The highest BCUT2D eigenvalue weighted by Gasteiger charge is 2.26. The fourth-order valence-corrected chi connectivity index (χ4v) is 4.37. The third kappa shape index (κ3) is 5.46. The second-order valence-electron chi connectivity index (χ2n) is 7.58. The molecule has 160 valence electrons. The number of pyridine rings is 1. The van der Waals surface area contributed by atoms with Crippen molar-refractivity contribution >= 4 is 34.0 Å². The molecular weight excluding hydrogens is 412 g/mol. The van der Waals surface area contributed by atoms with Crippen LogP contribution in [-0.4, -0.2) is 21.8 Å². The summed E-state index contributed by atoms with van der Waals surface area (Å²) in [7, 11) is 0. The minimum Gasteiger partial charge on any atom is -0.486 e. The predicted molar refractivity (Wildman–Crippen MR) is 121 cm³/mol. The number of benzene rings is 1. The van der Waals surface area contributed by atoms with Crippen molar-refractivity contribution in [1.29, 1.82) is 0 Å². The first-order valence-electron chi connectivity index (χ1n) is 10.3. The maximum absolute atomic E-state index is 13.0. The van der Waals surface area contributed by atoms with E-state index in [2.05, 4.69) is 20.6 Å². The minimum absolute atomic E-state index is 0.0479. The average Bonchev–Trinajstić information content (AvgIpc) is 3.46. The van der Waals surface area contributed by atoms with Crippen molar-refractivity contribution in [1.82, 2.24) is 9.97 Å². The highest BCUT2D eigenvalue weighted by molar-refractivity contribution is 7.15. The molecule has 1 fully saturated rings. The zero-order valence-corrected chi connectivity index (χ0v) is 18.1. The summed E-state index contributed by atoms with van der Waals surface area (Å²) in [6.07, 6.45) is 8.99. The third-order valence-electron chi connectivity index (χ3n) is 5.20. The van der Waals surface area contributed by atoms with Crippen LogP contribution in [-0.2, 0) is 6.61 Å². The number of rotatable bonds is 7. The maximum Gasteiger partial charge on any atom is 0.325 e. The molecular formula is C23H24N4O3S.